The largest absolute Gasteiger partial charge is 0.503 e. The number of hydrogen-bond acceptors (Lipinski definition) is 1. The summed E-state index contributed by atoms with van der Waals surface area (Å²) in [7, 11) is 0. The van der Waals surface area contributed by atoms with Crippen molar-refractivity contribution in [2.24, 2.45) is 0 Å². The Hall–Kier alpha value is -0.510. The highest BCUT2D eigenvalue weighted by Crippen LogP contribution is 1.56. The van der Waals surface area contributed by atoms with Gasteiger partial charge in [0, 0.05) is 0 Å². The second-order valence-corrected chi connectivity index (χ2v) is 0.283. The van der Waals surface area contributed by atoms with Crippen LogP contribution in [0.1, 0.15) is 0 Å². The Morgan fingerprint density at radius 3 is 1.50 bits per heavy atom. The number of rotatable bonds is 0. The Morgan fingerprint density at radius 2 is 1.50 bits per heavy atom. The Bertz CT molecular complexity index is 33.8. The monoisotopic (exact) mass is 116 g/mol. The molecule has 0 rings (SSSR count). The molecule has 0 saturated carbocycles. The number of carbonyl (C=O) groups is 1. The van der Waals surface area contributed by atoms with Crippen LogP contribution in [-0.4, -0.2) is 16.4 Å². The van der Waals surface area contributed by atoms with Crippen molar-refractivity contribution in [2.75, 3.05) is 0 Å². The summed E-state index contributed by atoms with van der Waals surface area (Å²) >= 11 is 3.14. The maximum Gasteiger partial charge on any atom is 0.503 e. The molecule has 0 aliphatic carbocycles. The zero-order chi connectivity index (χ0) is 5.58. The number of carboxylic acid groups (broad SMARTS) is 2. The van der Waals surface area contributed by atoms with Crippen LogP contribution in [-0.2, 0) is 0 Å². The lowest BCUT2D eigenvalue weighted by atomic mass is 11.5. The molecule has 2 N–H and O–H groups in total. The molecule has 0 aromatic heterocycles. The van der Waals surface area contributed by atoms with Crippen molar-refractivity contribution in [1.29, 1.82) is 0 Å². The molecule has 5 heteroatoms. The fraction of sp³-hybridized carbons (Fsp3) is 0. The second-order valence-electron chi connectivity index (χ2n) is 0.283. The molecule has 0 fully saturated rings. The van der Waals surface area contributed by atoms with Gasteiger partial charge in [0.25, 0.3) is 0 Å². The van der Waals surface area contributed by atoms with Crippen LogP contribution in [0.25, 0.3) is 0 Å². The van der Waals surface area contributed by atoms with E-state index in [1.165, 1.54) is 0 Å². The van der Waals surface area contributed by atoms with Crippen LogP contribution < -0.4 is 0 Å². The summed E-state index contributed by atoms with van der Waals surface area (Å²) in [4.78, 5) is 8.56. The summed E-state index contributed by atoms with van der Waals surface area (Å²) < 4.78 is 8.97. The quantitative estimate of drug-likeness (QED) is 0.502. The fourth-order valence-electron chi connectivity index (χ4n) is 0. The van der Waals surface area contributed by atoms with E-state index in [-0.39, 0.29) is 0 Å². The molecule has 0 bridgehead atoms. The molecule has 0 aromatic rings. The summed E-state index contributed by atoms with van der Waals surface area (Å²) in [6, 6.07) is 0. The Balaban J connectivity index is 0. The highest BCUT2D eigenvalue weighted by Gasteiger charge is 1.70. The molecule has 0 unspecified atom stereocenters. The van der Waals surface area contributed by atoms with Gasteiger partial charge in [-0.15, -0.1) is 3.98 Å². The predicted molar refractivity (Wildman–Crippen MR) is 17.6 cm³/mol. The topological polar surface area (TPSA) is 57.5 Å². The molecule has 6 heavy (non-hydrogen) atoms. The molecular weight excluding hydrogens is 114 g/mol. The van der Waals surface area contributed by atoms with Crippen LogP contribution in [0, 0.1) is 0 Å². The van der Waals surface area contributed by atoms with Crippen LogP contribution in [0.3, 0.4) is 0 Å². The van der Waals surface area contributed by atoms with Gasteiger partial charge < -0.3 is 10.2 Å². The van der Waals surface area contributed by atoms with E-state index in [1.54, 1.807) is 0 Å². The molecule has 0 saturated heterocycles. The minimum atomic E-state index is -1.83. The van der Waals surface area contributed by atoms with E-state index in [0.717, 1.165) is 0 Å². The smallest absolute Gasteiger partial charge is 0.450 e. The first-order valence-corrected chi connectivity index (χ1v) is 1.08. The van der Waals surface area contributed by atoms with Crippen LogP contribution in [0.5, 0.6) is 0 Å². The van der Waals surface area contributed by atoms with E-state index in [9.17, 15) is 0 Å². The summed E-state index contributed by atoms with van der Waals surface area (Å²) in [6.45, 7) is 0. The highest BCUT2D eigenvalue weighted by atomic mass is 35.5. The van der Waals surface area contributed by atoms with Crippen molar-refractivity contribution in [1.82, 2.24) is 0 Å². The zero-order valence-electron chi connectivity index (χ0n) is 2.56. The first-order chi connectivity index (χ1) is 2.73. The molecule has 0 aromatic carbocycles. The SMILES string of the molecule is FCl.O=C(O)O. The molecular formula is CH2ClFO3. The van der Waals surface area contributed by atoms with Gasteiger partial charge in [0.15, 0.2) is 0 Å². The average Bonchev–Trinajstić information content (AvgIpc) is 1.41. The standard InChI is InChI=1S/CH2O3.ClF/c2-1(3)4;1-2/h(H2,2,3,4);. The third-order valence-corrected chi connectivity index (χ3v) is 0. The van der Waals surface area contributed by atoms with Gasteiger partial charge in [-0.1, -0.05) is 0 Å². The van der Waals surface area contributed by atoms with E-state index in [1.807, 2.05) is 0 Å². The normalized spacial score (nSPS) is 5.00. The molecule has 0 aliphatic heterocycles. The van der Waals surface area contributed by atoms with Crippen molar-refractivity contribution in [2.45, 2.75) is 0 Å². The van der Waals surface area contributed by atoms with Gasteiger partial charge in [0.05, 0.1) is 0 Å². The van der Waals surface area contributed by atoms with E-state index in [2.05, 4.69) is 12.0 Å². The van der Waals surface area contributed by atoms with Crippen molar-refractivity contribution < 1.29 is 19.0 Å². The minimum Gasteiger partial charge on any atom is -0.450 e. The summed E-state index contributed by atoms with van der Waals surface area (Å²) in [5.41, 5.74) is 0. The van der Waals surface area contributed by atoms with E-state index in [4.69, 9.17) is 19.0 Å². The third kappa shape index (κ3) is 83.2. The summed E-state index contributed by atoms with van der Waals surface area (Å²) in [6.07, 6.45) is -1.83. The minimum absolute atomic E-state index is 1.83. The van der Waals surface area contributed by atoms with Gasteiger partial charge in [-0.3, -0.25) is 0 Å². The number of hydrogen-bond donors (Lipinski definition) is 2. The molecule has 0 radical (unpaired) electrons. The maximum atomic E-state index is 8.97. The molecule has 0 amide bonds. The fourth-order valence-corrected chi connectivity index (χ4v) is 0. The summed E-state index contributed by atoms with van der Waals surface area (Å²) in [5, 5.41) is 13.9. The molecule has 38 valence electrons. The first-order valence-electron chi connectivity index (χ1n) is 0.794. The molecule has 0 aliphatic rings. The Labute approximate surface area is 38.2 Å². The van der Waals surface area contributed by atoms with Crippen molar-refractivity contribution >= 4 is 18.1 Å². The van der Waals surface area contributed by atoms with Crippen molar-refractivity contribution in [3.63, 3.8) is 0 Å². The third-order valence-electron chi connectivity index (χ3n) is 0. The Morgan fingerprint density at radius 1 is 1.50 bits per heavy atom. The van der Waals surface area contributed by atoms with Crippen LogP contribution >= 0.6 is 12.0 Å². The van der Waals surface area contributed by atoms with Crippen LogP contribution in [0.2, 0.25) is 0 Å². The van der Waals surface area contributed by atoms with Gasteiger partial charge in [0.1, 0.15) is 12.0 Å². The first kappa shape index (κ1) is 9.09. The van der Waals surface area contributed by atoms with Gasteiger partial charge in [-0.05, 0) is 0 Å². The molecule has 0 heterocycles. The van der Waals surface area contributed by atoms with E-state index >= 15 is 0 Å². The summed E-state index contributed by atoms with van der Waals surface area (Å²) in [5.74, 6) is 0. The van der Waals surface area contributed by atoms with E-state index in [0.29, 0.717) is 0 Å². The van der Waals surface area contributed by atoms with Gasteiger partial charge >= 0.3 is 6.16 Å². The highest BCUT2D eigenvalue weighted by molar-refractivity contribution is 6.06. The number of halogens is 2. The average molecular weight is 116 g/mol. The lowest BCUT2D eigenvalue weighted by Crippen LogP contribution is -1.81. The maximum absolute atomic E-state index is 8.97. The molecule has 3 nitrogen and oxygen atoms in total. The van der Waals surface area contributed by atoms with Crippen molar-refractivity contribution in [3.8, 4) is 0 Å². The lowest BCUT2D eigenvalue weighted by molar-refractivity contribution is 0.137. The molecule has 0 atom stereocenters. The van der Waals surface area contributed by atoms with Crippen LogP contribution in [0.4, 0.5) is 8.78 Å². The molecule has 0 spiro atoms. The predicted octanol–water partition coefficient (Wildman–Crippen LogP) is 1.33. The van der Waals surface area contributed by atoms with Crippen molar-refractivity contribution in [3.05, 3.63) is 0 Å². The van der Waals surface area contributed by atoms with E-state index < -0.39 is 6.16 Å². The lowest BCUT2D eigenvalue weighted by Gasteiger charge is -1.60. The van der Waals surface area contributed by atoms with Gasteiger partial charge in [0.2, 0.25) is 0 Å². The second kappa shape index (κ2) is 8.82. The van der Waals surface area contributed by atoms with Crippen LogP contribution in [0.15, 0.2) is 0 Å². The van der Waals surface area contributed by atoms with Gasteiger partial charge in [-0.2, -0.15) is 0 Å². The zero-order valence-corrected chi connectivity index (χ0v) is 3.31. The van der Waals surface area contributed by atoms with Gasteiger partial charge in [-0.25, -0.2) is 4.79 Å². The Kier molecular flexibility index (Phi) is 13.4.